The number of nitrogens with zero attached hydrogens (tertiary/aromatic N) is 1. The summed E-state index contributed by atoms with van der Waals surface area (Å²) in [5, 5.41) is 2.43. The second-order valence-corrected chi connectivity index (χ2v) is 8.77. The standard InChI is InChI=1S/C29H29ClN2O2/c1-4-8-19(5-2)29(33)20-11-14-22(15-12-20)32-26-10-7-6-9-23-24(18-31-28(23)26)21-13-16-27(34-3)25(30)17-21/h6-7,9-19,31H,4-5,8H2,1-3H3/t19-/m0/s1. The molecule has 0 radical (unpaired) electrons. The molecule has 34 heavy (non-hydrogen) atoms. The van der Waals surface area contributed by atoms with E-state index >= 15 is 0 Å². The fourth-order valence-corrected chi connectivity index (χ4v) is 4.57. The van der Waals surface area contributed by atoms with Crippen LogP contribution in [-0.4, -0.2) is 17.9 Å². The number of ketones is 1. The molecule has 3 aromatic carbocycles. The molecule has 0 aliphatic rings. The minimum Gasteiger partial charge on any atom is -0.495 e. The van der Waals surface area contributed by atoms with Crippen molar-refractivity contribution in [2.45, 2.75) is 33.1 Å². The maximum absolute atomic E-state index is 12.8. The first kappa shape index (κ1) is 23.8. The van der Waals surface area contributed by atoms with Crippen LogP contribution in [-0.2, 0) is 0 Å². The zero-order chi connectivity index (χ0) is 24.1. The molecule has 1 N–H and O–H groups in total. The smallest absolute Gasteiger partial charge is 0.165 e. The zero-order valence-corrected chi connectivity index (χ0v) is 20.5. The number of methoxy groups -OCH3 is 1. The summed E-state index contributed by atoms with van der Waals surface area (Å²) >= 11 is 6.37. The summed E-state index contributed by atoms with van der Waals surface area (Å²) in [4.78, 5) is 21.1. The predicted molar refractivity (Wildman–Crippen MR) is 140 cm³/mol. The van der Waals surface area contributed by atoms with Gasteiger partial charge in [0.05, 0.1) is 28.7 Å². The van der Waals surface area contributed by atoms with Gasteiger partial charge in [-0.3, -0.25) is 4.79 Å². The summed E-state index contributed by atoms with van der Waals surface area (Å²) in [7, 11) is 1.61. The van der Waals surface area contributed by atoms with E-state index in [1.54, 1.807) is 7.11 Å². The maximum Gasteiger partial charge on any atom is 0.165 e. The van der Waals surface area contributed by atoms with Crippen molar-refractivity contribution in [2.75, 3.05) is 7.11 Å². The molecular weight excluding hydrogens is 444 g/mol. The summed E-state index contributed by atoms with van der Waals surface area (Å²) in [6.07, 6.45) is 4.78. The second-order valence-electron chi connectivity index (χ2n) is 8.36. The van der Waals surface area contributed by atoms with Gasteiger partial charge >= 0.3 is 0 Å². The van der Waals surface area contributed by atoms with Crippen molar-refractivity contribution in [2.24, 2.45) is 10.9 Å². The lowest BCUT2D eigenvalue weighted by Crippen LogP contribution is -2.13. The van der Waals surface area contributed by atoms with Gasteiger partial charge in [0.2, 0.25) is 0 Å². The number of fused-ring (bicyclic) bond motifs is 1. The van der Waals surface area contributed by atoms with Gasteiger partial charge < -0.3 is 9.72 Å². The Labute approximate surface area is 205 Å². The lowest BCUT2D eigenvalue weighted by Gasteiger charge is -2.12. The number of aromatic nitrogens is 1. The first-order valence-electron chi connectivity index (χ1n) is 11.7. The van der Waals surface area contributed by atoms with E-state index in [2.05, 4.69) is 24.9 Å². The van der Waals surface area contributed by atoms with Crippen LogP contribution in [0.1, 0.15) is 43.5 Å². The number of halogens is 1. The highest BCUT2D eigenvalue weighted by molar-refractivity contribution is 6.32. The highest BCUT2D eigenvalue weighted by atomic mass is 35.5. The van der Waals surface area contributed by atoms with E-state index in [1.165, 1.54) is 0 Å². The summed E-state index contributed by atoms with van der Waals surface area (Å²) in [6, 6.07) is 21.4. The Balaban J connectivity index is 1.72. The molecular formula is C29H29ClN2O2. The van der Waals surface area contributed by atoms with E-state index in [0.717, 1.165) is 57.9 Å². The average Bonchev–Trinajstić information content (AvgIpc) is 3.18. The zero-order valence-electron chi connectivity index (χ0n) is 19.8. The monoisotopic (exact) mass is 472 g/mol. The van der Waals surface area contributed by atoms with Crippen molar-refractivity contribution in [3.63, 3.8) is 0 Å². The van der Waals surface area contributed by atoms with Crippen molar-refractivity contribution in [1.82, 2.24) is 4.98 Å². The number of nitrogens with one attached hydrogen (secondary N) is 1. The van der Waals surface area contributed by atoms with Gasteiger partial charge in [0.25, 0.3) is 0 Å². The van der Waals surface area contributed by atoms with Crippen LogP contribution in [0.15, 0.2) is 77.9 Å². The average molecular weight is 473 g/mol. The summed E-state index contributed by atoms with van der Waals surface area (Å²) < 4.78 is 5.28. The minimum absolute atomic E-state index is 0.0874. The Hall–Kier alpha value is -3.37. The molecule has 0 saturated heterocycles. The van der Waals surface area contributed by atoms with E-state index in [4.69, 9.17) is 21.3 Å². The van der Waals surface area contributed by atoms with Gasteiger partial charge in [0, 0.05) is 28.6 Å². The van der Waals surface area contributed by atoms with Crippen LogP contribution in [0.2, 0.25) is 5.02 Å². The Morgan fingerprint density at radius 1 is 1.06 bits per heavy atom. The quantitative estimate of drug-likeness (QED) is 0.266. The summed E-state index contributed by atoms with van der Waals surface area (Å²) in [6.45, 7) is 4.20. The van der Waals surface area contributed by atoms with Crippen molar-refractivity contribution in [3.05, 3.63) is 88.9 Å². The lowest BCUT2D eigenvalue weighted by molar-refractivity contribution is 0.0909. The predicted octanol–water partition coefficient (Wildman–Crippen LogP) is 7.74. The number of Topliss-reactive ketones (excluding diaryl/α,β-unsaturated/α-hetero) is 1. The molecule has 1 aromatic heterocycles. The molecule has 5 heteroatoms. The molecule has 0 amide bonds. The Morgan fingerprint density at radius 2 is 1.82 bits per heavy atom. The van der Waals surface area contributed by atoms with E-state index in [1.807, 2.05) is 66.9 Å². The van der Waals surface area contributed by atoms with Gasteiger partial charge in [-0.1, -0.05) is 56.1 Å². The number of carbonyl (C=O) groups is 1. The van der Waals surface area contributed by atoms with Crippen molar-refractivity contribution in [3.8, 4) is 16.9 Å². The summed E-state index contributed by atoms with van der Waals surface area (Å²) in [5.74, 6) is 0.953. The molecule has 4 rings (SSSR count). The molecule has 0 saturated carbocycles. The second kappa shape index (κ2) is 10.7. The number of carbonyl (C=O) groups excluding carboxylic acids is 1. The number of rotatable bonds is 8. The Morgan fingerprint density at radius 3 is 2.50 bits per heavy atom. The molecule has 0 spiro atoms. The van der Waals surface area contributed by atoms with Crippen molar-refractivity contribution >= 4 is 34.0 Å². The third-order valence-corrected chi connectivity index (χ3v) is 6.46. The van der Waals surface area contributed by atoms with E-state index in [0.29, 0.717) is 10.8 Å². The van der Waals surface area contributed by atoms with Gasteiger partial charge in [-0.15, -0.1) is 0 Å². The van der Waals surface area contributed by atoms with Crippen molar-refractivity contribution in [1.29, 1.82) is 0 Å². The van der Waals surface area contributed by atoms with Crippen LogP contribution in [0.5, 0.6) is 5.75 Å². The topological polar surface area (TPSA) is 54.4 Å². The molecule has 1 atom stereocenters. The van der Waals surface area contributed by atoms with Crippen LogP contribution < -0.4 is 10.1 Å². The van der Waals surface area contributed by atoms with Gasteiger partial charge in [-0.05, 0) is 60.9 Å². The van der Waals surface area contributed by atoms with Gasteiger partial charge in [0.1, 0.15) is 5.75 Å². The number of ether oxygens (including phenoxy) is 1. The van der Waals surface area contributed by atoms with E-state index in [-0.39, 0.29) is 11.7 Å². The molecule has 174 valence electrons. The van der Waals surface area contributed by atoms with Gasteiger partial charge in [0.15, 0.2) is 5.78 Å². The SMILES string of the molecule is CCC[C@H](CC)C(=O)c1ccc(N=c2ccccc3c(-c4ccc(OC)c(Cl)c4)c[nH]c23)cc1. The largest absolute Gasteiger partial charge is 0.495 e. The van der Waals surface area contributed by atoms with Crippen molar-refractivity contribution < 1.29 is 9.53 Å². The molecule has 0 aliphatic heterocycles. The molecule has 4 aromatic rings. The molecule has 0 fully saturated rings. The normalized spacial score (nSPS) is 12.6. The van der Waals surface area contributed by atoms with Crippen LogP contribution >= 0.6 is 11.6 Å². The number of aromatic amines is 1. The molecule has 0 unspecified atom stereocenters. The third kappa shape index (κ3) is 4.92. The fourth-order valence-electron chi connectivity index (χ4n) is 4.31. The lowest BCUT2D eigenvalue weighted by atomic mass is 9.91. The van der Waals surface area contributed by atoms with E-state index < -0.39 is 0 Å². The Bertz CT molecular complexity index is 1370. The van der Waals surface area contributed by atoms with Crippen LogP contribution in [0.4, 0.5) is 5.69 Å². The van der Waals surface area contributed by atoms with Crippen LogP contribution in [0.25, 0.3) is 22.0 Å². The number of hydrogen-bond donors (Lipinski definition) is 1. The number of H-pyrrole nitrogens is 1. The first-order chi connectivity index (χ1) is 16.5. The molecule has 0 bridgehead atoms. The van der Waals surface area contributed by atoms with Crippen LogP contribution in [0, 0.1) is 5.92 Å². The highest BCUT2D eigenvalue weighted by Crippen LogP contribution is 2.33. The van der Waals surface area contributed by atoms with Gasteiger partial charge in [-0.25, -0.2) is 4.99 Å². The van der Waals surface area contributed by atoms with Crippen LogP contribution in [0.3, 0.4) is 0 Å². The number of benzene rings is 2. The summed E-state index contributed by atoms with van der Waals surface area (Å²) in [5.41, 5.74) is 4.52. The van der Waals surface area contributed by atoms with E-state index in [9.17, 15) is 4.79 Å². The maximum atomic E-state index is 12.8. The first-order valence-corrected chi connectivity index (χ1v) is 12.1. The highest BCUT2D eigenvalue weighted by Gasteiger charge is 2.17. The minimum atomic E-state index is 0.0874. The third-order valence-electron chi connectivity index (χ3n) is 6.17. The molecule has 1 heterocycles. The molecule has 4 nitrogen and oxygen atoms in total. The Kier molecular flexibility index (Phi) is 7.49. The molecule has 0 aliphatic carbocycles. The fraction of sp³-hybridized carbons (Fsp3) is 0.241. The number of hydrogen-bond acceptors (Lipinski definition) is 3. The van der Waals surface area contributed by atoms with Gasteiger partial charge in [-0.2, -0.15) is 0 Å².